The highest BCUT2D eigenvalue weighted by Gasteiger charge is 2.20. The summed E-state index contributed by atoms with van der Waals surface area (Å²) in [5.41, 5.74) is 2.63. The molecule has 0 aliphatic carbocycles. The molecule has 0 saturated carbocycles. The minimum absolute atomic E-state index is 0.0230. The highest BCUT2D eigenvalue weighted by molar-refractivity contribution is 9.11. The molecule has 0 unspecified atom stereocenters. The van der Waals surface area contributed by atoms with Crippen molar-refractivity contribution in [3.05, 3.63) is 68.2 Å². The third-order valence-corrected chi connectivity index (χ3v) is 5.52. The van der Waals surface area contributed by atoms with E-state index in [1.165, 1.54) is 0 Å². The summed E-state index contributed by atoms with van der Waals surface area (Å²) in [5.74, 6) is 0.853. The van der Waals surface area contributed by atoms with E-state index in [9.17, 15) is 4.79 Å². The van der Waals surface area contributed by atoms with Crippen molar-refractivity contribution < 1.29 is 4.79 Å². The summed E-state index contributed by atoms with van der Waals surface area (Å²) in [5, 5.41) is 0. The number of rotatable bonds is 4. The zero-order valence-electron chi connectivity index (χ0n) is 13.8. The molecule has 3 aromatic rings. The number of aromatic nitrogens is 2. The lowest BCUT2D eigenvalue weighted by molar-refractivity contribution is 0.0786. The maximum atomic E-state index is 12.9. The van der Waals surface area contributed by atoms with Gasteiger partial charge < -0.3 is 9.47 Å². The summed E-state index contributed by atoms with van der Waals surface area (Å²) < 4.78 is 3.09. The zero-order valence-corrected chi connectivity index (χ0v) is 16.2. The van der Waals surface area contributed by atoms with Gasteiger partial charge in [0.2, 0.25) is 0 Å². The van der Waals surface area contributed by atoms with Crippen LogP contribution in [0.1, 0.15) is 26.6 Å². The molecule has 0 saturated heterocycles. The van der Waals surface area contributed by atoms with Crippen LogP contribution in [0.25, 0.3) is 5.82 Å². The Morgan fingerprint density at radius 1 is 1.29 bits per heavy atom. The molecule has 0 atom stereocenters. The van der Waals surface area contributed by atoms with Crippen LogP contribution >= 0.6 is 27.3 Å². The van der Waals surface area contributed by atoms with E-state index in [0.29, 0.717) is 6.54 Å². The highest BCUT2D eigenvalue weighted by atomic mass is 79.9. The number of halogens is 1. The molecule has 4 nitrogen and oxygen atoms in total. The van der Waals surface area contributed by atoms with E-state index in [2.05, 4.69) is 20.9 Å². The van der Waals surface area contributed by atoms with Crippen LogP contribution in [0.3, 0.4) is 0 Å². The molecule has 0 spiro atoms. The molecule has 3 rings (SSSR count). The fourth-order valence-electron chi connectivity index (χ4n) is 2.77. The van der Waals surface area contributed by atoms with Crippen molar-refractivity contribution in [2.24, 2.45) is 0 Å². The van der Waals surface area contributed by atoms with E-state index in [1.807, 2.05) is 61.9 Å². The summed E-state index contributed by atoms with van der Waals surface area (Å²) in [7, 11) is 1.84. The van der Waals surface area contributed by atoms with Gasteiger partial charge in [-0.1, -0.05) is 6.07 Å². The lowest BCUT2D eigenvalue weighted by atomic mass is 10.2. The third kappa shape index (κ3) is 3.30. The number of hydrogen-bond donors (Lipinski definition) is 0. The molecular weight excluding hydrogens is 386 g/mol. The molecule has 0 radical (unpaired) electrons. The van der Waals surface area contributed by atoms with E-state index in [0.717, 1.165) is 31.4 Å². The Hall–Kier alpha value is -1.92. The second-order valence-corrected chi connectivity index (χ2v) is 8.22. The topological polar surface area (TPSA) is 38.1 Å². The van der Waals surface area contributed by atoms with Crippen LogP contribution < -0.4 is 0 Å². The Morgan fingerprint density at radius 2 is 2.08 bits per heavy atom. The van der Waals surface area contributed by atoms with Crippen molar-refractivity contribution in [2.75, 3.05) is 7.05 Å². The summed E-state index contributed by atoms with van der Waals surface area (Å²) in [6, 6.07) is 11.8. The molecule has 24 heavy (non-hydrogen) atoms. The molecule has 3 heterocycles. The van der Waals surface area contributed by atoms with E-state index < -0.39 is 0 Å². The van der Waals surface area contributed by atoms with Gasteiger partial charge in [0.1, 0.15) is 5.82 Å². The lowest BCUT2D eigenvalue weighted by Gasteiger charge is -2.16. The standard InChI is InChI=1S/C18H18BrN3OS/c1-12-10-15(13(2)22(12)17-6-4-5-9-20-17)18(23)21(3)11-14-7-8-16(19)24-14/h4-10H,11H2,1-3H3. The molecule has 6 heteroatoms. The Labute approximate surface area is 153 Å². The number of carbonyl (C=O) groups is 1. The second-order valence-electron chi connectivity index (χ2n) is 5.68. The predicted molar refractivity (Wildman–Crippen MR) is 101 cm³/mol. The maximum absolute atomic E-state index is 12.9. The van der Waals surface area contributed by atoms with Crippen LogP contribution in [0, 0.1) is 13.8 Å². The average Bonchev–Trinajstić information content (AvgIpc) is 3.10. The van der Waals surface area contributed by atoms with Gasteiger partial charge in [0.15, 0.2) is 0 Å². The minimum atomic E-state index is 0.0230. The summed E-state index contributed by atoms with van der Waals surface area (Å²) in [6.45, 7) is 4.56. The van der Waals surface area contributed by atoms with Crippen LogP contribution in [-0.2, 0) is 6.54 Å². The first kappa shape index (κ1) is 16.9. The van der Waals surface area contributed by atoms with Crippen LogP contribution in [0.4, 0.5) is 0 Å². The normalized spacial score (nSPS) is 10.8. The first-order valence-electron chi connectivity index (χ1n) is 7.57. The first-order valence-corrected chi connectivity index (χ1v) is 9.18. The molecule has 0 aliphatic rings. The van der Waals surface area contributed by atoms with Crippen molar-refractivity contribution in [1.29, 1.82) is 0 Å². The Bertz CT molecular complexity index is 870. The van der Waals surface area contributed by atoms with Gasteiger partial charge >= 0.3 is 0 Å². The Balaban J connectivity index is 1.88. The van der Waals surface area contributed by atoms with Crippen LogP contribution in [0.5, 0.6) is 0 Å². The van der Waals surface area contributed by atoms with E-state index in [-0.39, 0.29) is 5.91 Å². The number of carbonyl (C=O) groups excluding carboxylic acids is 1. The molecule has 124 valence electrons. The van der Waals surface area contributed by atoms with Crippen molar-refractivity contribution in [2.45, 2.75) is 20.4 Å². The largest absolute Gasteiger partial charge is 0.337 e. The zero-order chi connectivity index (χ0) is 17.3. The smallest absolute Gasteiger partial charge is 0.255 e. The molecule has 0 N–H and O–H groups in total. The molecule has 0 aliphatic heterocycles. The fourth-order valence-corrected chi connectivity index (χ4v) is 4.30. The van der Waals surface area contributed by atoms with Crippen molar-refractivity contribution in [1.82, 2.24) is 14.5 Å². The summed E-state index contributed by atoms with van der Waals surface area (Å²) in [4.78, 5) is 20.2. The van der Waals surface area contributed by atoms with E-state index in [1.54, 1.807) is 22.4 Å². The molecule has 0 fully saturated rings. The number of nitrogens with zero attached hydrogens (tertiary/aromatic N) is 3. The Morgan fingerprint density at radius 3 is 2.71 bits per heavy atom. The first-order chi connectivity index (χ1) is 11.5. The maximum Gasteiger partial charge on any atom is 0.255 e. The van der Waals surface area contributed by atoms with Crippen LogP contribution in [0.15, 0.2) is 46.4 Å². The van der Waals surface area contributed by atoms with E-state index in [4.69, 9.17) is 0 Å². The summed E-state index contributed by atoms with van der Waals surface area (Å²) >= 11 is 5.10. The van der Waals surface area contributed by atoms with Gasteiger partial charge in [-0.05, 0) is 60.1 Å². The lowest BCUT2D eigenvalue weighted by Crippen LogP contribution is -2.26. The highest BCUT2D eigenvalue weighted by Crippen LogP contribution is 2.25. The van der Waals surface area contributed by atoms with Gasteiger partial charge in [-0.3, -0.25) is 4.79 Å². The summed E-state index contributed by atoms with van der Waals surface area (Å²) in [6.07, 6.45) is 1.76. The SMILES string of the molecule is Cc1cc(C(=O)N(C)Cc2ccc(Br)s2)c(C)n1-c1ccccn1. The molecule has 3 aromatic heterocycles. The quantitative estimate of drug-likeness (QED) is 0.638. The fraction of sp³-hybridized carbons (Fsp3) is 0.222. The number of amides is 1. The number of hydrogen-bond acceptors (Lipinski definition) is 3. The van der Waals surface area contributed by atoms with Gasteiger partial charge in [0, 0.05) is 29.5 Å². The molecule has 0 bridgehead atoms. The Kier molecular flexibility index (Phi) is 4.87. The number of aryl methyl sites for hydroxylation is 1. The van der Waals surface area contributed by atoms with Crippen molar-refractivity contribution in [3.8, 4) is 5.82 Å². The van der Waals surface area contributed by atoms with Gasteiger partial charge in [0.05, 0.1) is 15.9 Å². The van der Waals surface area contributed by atoms with E-state index >= 15 is 0 Å². The second kappa shape index (κ2) is 6.91. The number of thiophene rings is 1. The monoisotopic (exact) mass is 403 g/mol. The van der Waals surface area contributed by atoms with Gasteiger partial charge in [-0.2, -0.15) is 0 Å². The molecule has 1 amide bonds. The average molecular weight is 404 g/mol. The van der Waals surface area contributed by atoms with Gasteiger partial charge in [-0.15, -0.1) is 11.3 Å². The van der Waals surface area contributed by atoms with Crippen LogP contribution in [0.2, 0.25) is 0 Å². The van der Waals surface area contributed by atoms with Crippen LogP contribution in [-0.4, -0.2) is 27.4 Å². The third-order valence-electron chi connectivity index (χ3n) is 3.91. The predicted octanol–water partition coefficient (Wildman–Crippen LogP) is 4.59. The van der Waals surface area contributed by atoms with Gasteiger partial charge in [-0.25, -0.2) is 4.98 Å². The van der Waals surface area contributed by atoms with Gasteiger partial charge in [0.25, 0.3) is 5.91 Å². The van der Waals surface area contributed by atoms with Crippen molar-refractivity contribution in [3.63, 3.8) is 0 Å². The molecular formula is C18H18BrN3OS. The number of pyridine rings is 1. The van der Waals surface area contributed by atoms with Crippen molar-refractivity contribution >= 4 is 33.2 Å². The minimum Gasteiger partial charge on any atom is -0.337 e. The molecule has 0 aromatic carbocycles.